The van der Waals surface area contributed by atoms with E-state index in [1.807, 2.05) is 0 Å². The van der Waals surface area contributed by atoms with Crippen LogP contribution in [0.25, 0.3) is 0 Å². The summed E-state index contributed by atoms with van der Waals surface area (Å²) in [4.78, 5) is 1.45. The topological polar surface area (TPSA) is 20.2 Å². The fourth-order valence-corrected chi connectivity index (χ4v) is 2.90. The highest BCUT2D eigenvalue weighted by Gasteiger charge is 2.13. The molecule has 1 N–H and O–H groups in total. The molecule has 2 aromatic carbocycles. The maximum absolute atomic E-state index is 13.5. The van der Waals surface area contributed by atoms with E-state index in [9.17, 15) is 13.9 Å². The van der Waals surface area contributed by atoms with E-state index in [1.165, 1.54) is 30.0 Å². The van der Waals surface area contributed by atoms with Gasteiger partial charge in [0.15, 0.2) is 0 Å². The van der Waals surface area contributed by atoms with Crippen molar-refractivity contribution in [3.05, 3.63) is 59.2 Å². The number of benzene rings is 2. The Balaban J connectivity index is 2.41. The molecule has 2 aromatic rings. The molecule has 0 aliphatic heterocycles. The molecule has 0 bridgehead atoms. The van der Waals surface area contributed by atoms with Crippen molar-refractivity contribution in [1.82, 2.24) is 0 Å². The van der Waals surface area contributed by atoms with Gasteiger partial charge in [0.1, 0.15) is 11.6 Å². The molecule has 1 atom stereocenters. The molecular weight excluding hydrogens is 266 g/mol. The van der Waals surface area contributed by atoms with Gasteiger partial charge in [0.25, 0.3) is 0 Å². The summed E-state index contributed by atoms with van der Waals surface area (Å²) >= 11 is 1.31. The Morgan fingerprint density at radius 3 is 2.53 bits per heavy atom. The Bertz CT molecular complexity index is 597. The van der Waals surface area contributed by atoms with Crippen molar-refractivity contribution in [2.24, 2.45) is 0 Å². The van der Waals surface area contributed by atoms with Crippen molar-refractivity contribution in [3.8, 4) is 0 Å². The minimum absolute atomic E-state index is 0.317. The summed E-state index contributed by atoms with van der Waals surface area (Å²) in [5, 5.41) is 9.70. The monoisotopic (exact) mass is 280 g/mol. The first-order valence-corrected chi connectivity index (χ1v) is 6.70. The van der Waals surface area contributed by atoms with Crippen LogP contribution in [0.1, 0.15) is 24.2 Å². The van der Waals surface area contributed by atoms with E-state index in [1.54, 1.807) is 32.0 Å². The van der Waals surface area contributed by atoms with Crippen LogP contribution < -0.4 is 0 Å². The zero-order valence-electron chi connectivity index (χ0n) is 10.7. The Kier molecular flexibility index (Phi) is 4.22. The summed E-state index contributed by atoms with van der Waals surface area (Å²) in [5.41, 5.74) is 1.01. The molecule has 0 aliphatic rings. The van der Waals surface area contributed by atoms with Crippen molar-refractivity contribution in [2.75, 3.05) is 0 Å². The molecule has 0 heterocycles. The molecule has 0 aliphatic carbocycles. The lowest BCUT2D eigenvalue weighted by atomic mass is 10.1. The van der Waals surface area contributed by atoms with Crippen LogP contribution >= 0.6 is 11.8 Å². The van der Waals surface area contributed by atoms with Gasteiger partial charge in [-0.05, 0) is 55.3 Å². The van der Waals surface area contributed by atoms with Gasteiger partial charge in [-0.15, -0.1) is 0 Å². The van der Waals surface area contributed by atoms with Crippen LogP contribution in [-0.4, -0.2) is 5.11 Å². The Morgan fingerprint density at radius 1 is 1.16 bits per heavy atom. The van der Waals surface area contributed by atoms with Crippen molar-refractivity contribution in [1.29, 1.82) is 0 Å². The second-order valence-electron chi connectivity index (χ2n) is 4.37. The van der Waals surface area contributed by atoms with E-state index in [2.05, 4.69) is 0 Å². The van der Waals surface area contributed by atoms with Gasteiger partial charge in [-0.25, -0.2) is 8.78 Å². The van der Waals surface area contributed by atoms with Gasteiger partial charge < -0.3 is 5.11 Å². The van der Waals surface area contributed by atoms with Crippen LogP contribution in [-0.2, 0) is 0 Å². The first kappa shape index (κ1) is 14.0. The summed E-state index contributed by atoms with van der Waals surface area (Å²) < 4.78 is 26.7. The lowest BCUT2D eigenvalue weighted by Crippen LogP contribution is -1.97. The normalized spacial score (nSPS) is 12.5. The first-order chi connectivity index (χ1) is 8.97. The van der Waals surface area contributed by atoms with E-state index in [0.29, 0.717) is 16.0 Å². The third kappa shape index (κ3) is 3.33. The highest BCUT2D eigenvalue weighted by atomic mass is 32.2. The lowest BCUT2D eigenvalue weighted by molar-refractivity contribution is 0.196. The van der Waals surface area contributed by atoms with Gasteiger partial charge in [-0.1, -0.05) is 17.8 Å². The molecule has 0 amide bonds. The predicted molar refractivity (Wildman–Crippen MR) is 72.3 cm³/mol. The zero-order chi connectivity index (χ0) is 14.0. The quantitative estimate of drug-likeness (QED) is 0.894. The number of aliphatic hydroxyl groups excluding tert-OH is 1. The van der Waals surface area contributed by atoms with Gasteiger partial charge in [0.2, 0.25) is 0 Å². The molecule has 0 saturated carbocycles. The minimum atomic E-state index is -0.772. The Labute approximate surface area is 115 Å². The summed E-state index contributed by atoms with van der Waals surface area (Å²) in [6.07, 6.45) is -0.772. The standard InChI is InChI=1S/C15H14F2OS/c1-9-6-15(13(10(2)18)8-14(9)17)19-12-5-3-4-11(16)7-12/h3-8,10,18H,1-2H3/t10-/m1/s1. The van der Waals surface area contributed by atoms with Crippen LogP contribution in [0.2, 0.25) is 0 Å². The molecule has 4 heteroatoms. The number of halogens is 2. The van der Waals surface area contributed by atoms with Crippen molar-refractivity contribution >= 4 is 11.8 Å². The third-order valence-electron chi connectivity index (χ3n) is 2.77. The fourth-order valence-electron chi connectivity index (χ4n) is 1.74. The van der Waals surface area contributed by atoms with Crippen LogP contribution in [0.15, 0.2) is 46.2 Å². The predicted octanol–water partition coefficient (Wildman–Crippen LogP) is 4.48. The molecule has 0 spiro atoms. The second-order valence-corrected chi connectivity index (χ2v) is 5.49. The van der Waals surface area contributed by atoms with E-state index in [-0.39, 0.29) is 11.6 Å². The number of rotatable bonds is 3. The molecule has 0 fully saturated rings. The van der Waals surface area contributed by atoms with Crippen LogP contribution in [0.5, 0.6) is 0 Å². The van der Waals surface area contributed by atoms with Gasteiger partial charge >= 0.3 is 0 Å². The number of hydrogen-bond acceptors (Lipinski definition) is 2. The maximum atomic E-state index is 13.5. The minimum Gasteiger partial charge on any atom is -0.389 e. The second kappa shape index (κ2) is 5.72. The van der Waals surface area contributed by atoms with E-state index >= 15 is 0 Å². The average molecular weight is 280 g/mol. The number of aliphatic hydroxyl groups is 1. The van der Waals surface area contributed by atoms with E-state index in [4.69, 9.17) is 0 Å². The Morgan fingerprint density at radius 2 is 1.89 bits per heavy atom. The summed E-state index contributed by atoms with van der Waals surface area (Å²) in [6, 6.07) is 9.19. The Hall–Kier alpha value is -1.39. The van der Waals surface area contributed by atoms with Crippen LogP contribution in [0.3, 0.4) is 0 Å². The third-order valence-corrected chi connectivity index (χ3v) is 3.83. The first-order valence-electron chi connectivity index (χ1n) is 5.89. The molecule has 19 heavy (non-hydrogen) atoms. The highest BCUT2D eigenvalue weighted by molar-refractivity contribution is 7.99. The lowest BCUT2D eigenvalue weighted by Gasteiger charge is -2.13. The molecule has 0 aromatic heterocycles. The summed E-state index contributed by atoms with van der Waals surface area (Å²) in [5.74, 6) is -0.665. The largest absolute Gasteiger partial charge is 0.389 e. The highest BCUT2D eigenvalue weighted by Crippen LogP contribution is 2.35. The van der Waals surface area contributed by atoms with Crippen molar-refractivity contribution < 1.29 is 13.9 Å². The summed E-state index contributed by atoms with van der Waals surface area (Å²) in [7, 11) is 0. The van der Waals surface area contributed by atoms with Gasteiger partial charge in [-0.2, -0.15) is 0 Å². The van der Waals surface area contributed by atoms with Crippen molar-refractivity contribution in [2.45, 2.75) is 29.7 Å². The van der Waals surface area contributed by atoms with Gasteiger partial charge in [0, 0.05) is 9.79 Å². The molecular formula is C15H14F2OS. The molecule has 1 nitrogen and oxygen atoms in total. The smallest absolute Gasteiger partial charge is 0.126 e. The molecule has 100 valence electrons. The molecule has 0 radical (unpaired) electrons. The number of aryl methyl sites for hydroxylation is 1. The summed E-state index contributed by atoms with van der Waals surface area (Å²) in [6.45, 7) is 3.25. The molecule has 0 unspecified atom stereocenters. The zero-order valence-corrected chi connectivity index (χ0v) is 11.5. The van der Waals surface area contributed by atoms with Gasteiger partial charge in [0.05, 0.1) is 6.10 Å². The van der Waals surface area contributed by atoms with E-state index in [0.717, 1.165) is 4.90 Å². The molecule has 2 rings (SSSR count). The SMILES string of the molecule is Cc1cc(Sc2cccc(F)c2)c([C@@H](C)O)cc1F. The number of hydrogen-bond donors (Lipinski definition) is 1. The average Bonchev–Trinajstić information content (AvgIpc) is 2.33. The van der Waals surface area contributed by atoms with Crippen molar-refractivity contribution in [3.63, 3.8) is 0 Å². The molecule has 0 saturated heterocycles. The van der Waals surface area contributed by atoms with Crippen LogP contribution in [0, 0.1) is 18.6 Å². The van der Waals surface area contributed by atoms with Crippen LogP contribution in [0.4, 0.5) is 8.78 Å². The van der Waals surface area contributed by atoms with Gasteiger partial charge in [-0.3, -0.25) is 0 Å². The van der Waals surface area contributed by atoms with E-state index < -0.39 is 6.10 Å². The maximum Gasteiger partial charge on any atom is 0.126 e. The fraction of sp³-hybridized carbons (Fsp3) is 0.200.